The topological polar surface area (TPSA) is 71.6 Å². The van der Waals surface area contributed by atoms with Crippen LogP contribution >= 0.6 is 0 Å². The van der Waals surface area contributed by atoms with Crippen molar-refractivity contribution in [2.24, 2.45) is 5.41 Å². The van der Waals surface area contributed by atoms with Gasteiger partial charge in [-0.3, -0.25) is 0 Å². The Balaban J connectivity index is 1.12. The van der Waals surface area contributed by atoms with Crippen LogP contribution in [0.4, 0.5) is 19.7 Å². The van der Waals surface area contributed by atoms with Gasteiger partial charge in [-0.15, -0.1) is 0 Å². The fourth-order valence-electron chi connectivity index (χ4n) is 5.86. The average Bonchev–Trinajstić information content (AvgIpc) is 3.54. The molecule has 3 heterocycles. The summed E-state index contributed by atoms with van der Waals surface area (Å²) in [5, 5.41) is 0. The number of hydrogen-bond donors (Lipinski definition) is 0. The number of likely N-dealkylation sites (tertiary alicyclic amines) is 2. The van der Waals surface area contributed by atoms with Crippen LogP contribution in [-0.2, 0) is 16.1 Å². The zero-order chi connectivity index (χ0) is 28.3. The van der Waals surface area contributed by atoms with Gasteiger partial charge in [0.2, 0.25) is 0 Å². The van der Waals surface area contributed by atoms with E-state index in [9.17, 15) is 14.0 Å². The lowest BCUT2D eigenvalue weighted by atomic mass is 9.86. The van der Waals surface area contributed by atoms with Gasteiger partial charge >= 0.3 is 12.2 Å². The van der Waals surface area contributed by atoms with Crippen LogP contribution in [0.2, 0.25) is 0 Å². The molecule has 2 aromatic carbocycles. The smallest absolute Gasteiger partial charge is 0.410 e. The van der Waals surface area contributed by atoms with Gasteiger partial charge in [-0.1, -0.05) is 30.3 Å². The van der Waals surface area contributed by atoms with E-state index in [-0.39, 0.29) is 36.1 Å². The number of benzene rings is 2. The first-order valence-corrected chi connectivity index (χ1v) is 14.2. The third-order valence-corrected chi connectivity index (χ3v) is 7.96. The number of amides is 2. The van der Waals surface area contributed by atoms with Crippen LogP contribution in [0, 0.1) is 11.2 Å². The highest BCUT2D eigenvalue weighted by atomic mass is 19.1. The maximum absolute atomic E-state index is 14.7. The van der Waals surface area contributed by atoms with Crippen molar-refractivity contribution in [3.05, 3.63) is 59.9 Å². The number of rotatable bonds is 5. The van der Waals surface area contributed by atoms with Crippen LogP contribution in [0.25, 0.3) is 0 Å². The molecule has 40 heavy (non-hydrogen) atoms. The molecule has 3 aliphatic rings. The van der Waals surface area contributed by atoms with Crippen LogP contribution < -0.4 is 9.64 Å². The van der Waals surface area contributed by atoms with E-state index < -0.39 is 5.60 Å². The Morgan fingerprint density at radius 2 is 1.65 bits per heavy atom. The lowest BCUT2D eigenvalue weighted by Gasteiger charge is -2.32. The lowest BCUT2D eigenvalue weighted by molar-refractivity contribution is 0.0276. The second kappa shape index (κ2) is 11.6. The second-order valence-corrected chi connectivity index (χ2v) is 12.3. The van der Waals surface area contributed by atoms with Crippen molar-refractivity contribution in [2.45, 2.75) is 64.8 Å². The molecular formula is C31H40FN3O5. The van der Waals surface area contributed by atoms with E-state index in [0.717, 1.165) is 37.2 Å². The van der Waals surface area contributed by atoms with Crippen molar-refractivity contribution in [1.29, 1.82) is 0 Å². The number of halogens is 1. The fourth-order valence-corrected chi connectivity index (χ4v) is 5.86. The predicted octanol–water partition coefficient (Wildman–Crippen LogP) is 5.84. The Bertz CT molecular complexity index is 1200. The molecule has 9 heteroatoms. The zero-order valence-corrected chi connectivity index (χ0v) is 23.7. The molecule has 0 radical (unpaired) electrons. The zero-order valence-electron chi connectivity index (χ0n) is 23.7. The molecule has 5 rings (SSSR count). The van der Waals surface area contributed by atoms with Gasteiger partial charge in [-0.25, -0.2) is 14.0 Å². The van der Waals surface area contributed by atoms with Gasteiger partial charge in [-0.05, 0) is 45.2 Å². The van der Waals surface area contributed by atoms with Crippen molar-refractivity contribution in [3.63, 3.8) is 0 Å². The number of ether oxygens (including phenoxy) is 3. The van der Waals surface area contributed by atoms with Gasteiger partial charge in [0.1, 0.15) is 29.9 Å². The Morgan fingerprint density at radius 3 is 2.38 bits per heavy atom. The number of anilines is 1. The van der Waals surface area contributed by atoms with Crippen molar-refractivity contribution >= 4 is 17.9 Å². The van der Waals surface area contributed by atoms with E-state index in [2.05, 4.69) is 4.90 Å². The Morgan fingerprint density at radius 1 is 0.925 bits per heavy atom. The molecule has 0 aromatic heterocycles. The van der Waals surface area contributed by atoms with Crippen molar-refractivity contribution in [3.8, 4) is 5.75 Å². The first kappa shape index (κ1) is 28.1. The summed E-state index contributed by atoms with van der Waals surface area (Å²) < 4.78 is 31.9. The second-order valence-electron chi connectivity index (χ2n) is 12.3. The maximum Gasteiger partial charge on any atom is 0.410 e. The minimum atomic E-state index is -0.519. The van der Waals surface area contributed by atoms with Crippen LogP contribution in [0.3, 0.4) is 0 Å². The molecule has 1 atom stereocenters. The van der Waals surface area contributed by atoms with Crippen LogP contribution in [-0.4, -0.2) is 73.0 Å². The van der Waals surface area contributed by atoms with E-state index in [1.165, 1.54) is 6.07 Å². The minimum absolute atomic E-state index is 0.00775. The van der Waals surface area contributed by atoms with Gasteiger partial charge in [0.05, 0.1) is 0 Å². The van der Waals surface area contributed by atoms with Crippen molar-refractivity contribution in [1.82, 2.24) is 9.80 Å². The molecule has 3 fully saturated rings. The molecule has 1 spiro atoms. The highest BCUT2D eigenvalue weighted by Gasteiger charge is 2.45. The highest BCUT2D eigenvalue weighted by molar-refractivity contribution is 5.69. The van der Waals surface area contributed by atoms with Crippen LogP contribution in [0.15, 0.2) is 48.5 Å². The molecule has 3 saturated heterocycles. The van der Waals surface area contributed by atoms with Gasteiger partial charge in [0.25, 0.3) is 0 Å². The highest BCUT2D eigenvalue weighted by Crippen LogP contribution is 2.42. The molecule has 2 aromatic rings. The molecule has 216 valence electrons. The number of carbonyl (C=O) groups is 2. The number of nitrogens with zero attached hydrogens (tertiary/aromatic N) is 3. The van der Waals surface area contributed by atoms with Gasteiger partial charge < -0.3 is 28.9 Å². The van der Waals surface area contributed by atoms with Crippen LogP contribution in [0.1, 0.15) is 52.0 Å². The summed E-state index contributed by atoms with van der Waals surface area (Å²) in [5.41, 5.74) is 1.22. The Labute approximate surface area is 236 Å². The summed E-state index contributed by atoms with van der Waals surface area (Å²) in [6.45, 7) is 9.84. The Hall–Kier alpha value is -3.49. The Kier molecular flexibility index (Phi) is 8.10. The largest absolute Gasteiger partial charge is 0.490 e. The molecule has 0 saturated carbocycles. The van der Waals surface area contributed by atoms with Gasteiger partial charge in [-0.2, -0.15) is 0 Å². The summed E-state index contributed by atoms with van der Waals surface area (Å²) in [5.74, 6) is 0.167. The van der Waals surface area contributed by atoms with Crippen molar-refractivity contribution < 1.29 is 28.2 Å². The van der Waals surface area contributed by atoms with Gasteiger partial charge in [0, 0.05) is 75.3 Å². The first-order chi connectivity index (χ1) is 19.1. The summed E-state index contributed by atoms with van der Waals surface area (Å²) in [4.78, 5) is 30.8. The predicted molar refractivity (Wildman–Crippen MR) is 150 cm³/mol. The summed E-state index contributed by atoms with van der Waals surface area (Å²) in [7, 11) is 0. The van der Waals surface area contributed by atoms with E-state index >= 15 is 0 Å². The molecule has 0 N–H and O–H groups in total. The lowest BCUT2D eigenvalue weighted by Crippen LogP contribution is -2.42. The average molecular weight is 554 g/mol. The summed E-state index contributed by atoms with van der Waals surface area (Å²) >= 11 is 0. The monoisotopic (exact) mass is 553 g/mol. The van der Waals surface area contributed by atoms with E-state index in [1.54, 1.807) is 15.9 Å². The normalized spacial score (nSPS) is 21.6. The standard InChI is InChI=1S/C31H40FN3O5/c1-30(2,3)40-29(37)35-16-12-31(22-35)11-15-34(21-31)25-17-24(32)18-27(19-25)39-26-9-13-33(14-10-26)28(36)38-20-23-7-5-4-6-8-23/h4-8,17-19,26H,9-16,20-22H2,1-3H3. The molecule has 3 aliphatic heterocycles. The SMILES string of the molecule is CC(C)(C)OC(=O)N1CCC2(CCN(c3cc(F)cc(OC4CCN(C(=O)OCc5ccccc5)CC4)c3)C2)C1. The first-order valence-electron chi connectivity index (χ1n) is 14.2. The fraction of sp³-hybridized carbons (Fsp3) is 0.548. The maximum atomic E-state index is 14.7. The third-order valence-electron chi connectivity index (χ3n) is 7.96. The van der Waals surface area contributed by atoms with Gasteiger partial charge in [0.15, 0.2) is 0 Å². The van der Waals surface area contributed by atoms with Crippen LogP contribution in [0.5, 0.6) is 5.75 Å². The molecule has 0 bridgehead atoms. The number of hydrogen-bond acceptors (Lipinski definition) is 6. The van der Waals surface area contributed by atoms with E-state index in [4.69, 9.17) is 14.2 Å². The number of carbonyl (C=O) groups excluding carboxylic acids is 2. The third kappa shape index (κ3) is 6.98. The van der Waals surface area contributed by atoms with Crippen molar-refractivity contribution in [2.75, 3.05) is 44.2 Å². The molecule has 0 aliphatic carbocycles. The van der Waals surface area contributed by atoms with E-state index in [1.807, 2.05) is 57.2 Å². The molecule has 2 amide bonds. The molecular weight excluding hydrogens is 513 g/mol. The van der Waals surface area contributed by atoms with E-state index in [0.29, 0.717) is 44.8 Å². The summed E-state index contributed by atoms with van der Waals surface area (Å²) in [6, 6.07) is 14.5. The number of piperidine rings is 1. The molecule has 8 nitrogen and oxygen atoms in total. The minimum Gasteiger partial charge on any atom is -0.490 e. The quantitative estimate of drug-likeness (QED) is 0.463. The molecule has 1 unspecified atom stereocenters. The summed E-state index contributed by atoms with van der Waals surface area (Å²) in [6.07, 6.45) is 2.47.